The maximum atomic E-state index is 13.3. The smallest absolute Gasteiger partial charge is 0.243 e. The van der Waals surface area contributed by atoms with Crippen LogP contribution in [0.1, 0.15) is 69.2 Å². The zero-order chi connectivity index (χ0) is 22.8. The first-order chi connectivity index (χ1) is 14.9. The molecule has 2 atom stereocenters. The van der Waals surface area contributed by atoms with Crippen LogP contribution >= 0.6 is 0 Å². The van der Waals surface area contributed by atoms with Gasteiger partial charge < -0.3 is 10.2 Å². The topological polar surface area (TPSA) is 49.4 Å². The molecule has 2 amide bonds. The highest BCUT2D eigenvalue weighted by molar-refractivity contribution is 5.87. The molecule has 4 nitrogen and oxygen atoms in total. The van der Waals surface area contributed by atoms with E-state index in [1.165, 1.54) is 11.1 Å². The second kappa shape index (κ2) is 12.3. The van der Waals surface area contributed by atoms with Gasteiger partial charge in [-0.1, -0.05) is 74.9 Å². The van der Waals surface area contributed by atoms with Crippen LogP contribution in [-0.2, 0) is 29.0 Å². The first-order valence-corrected chi connectivity index (χ1v) is 11.6. The normalized spacial score (nSPS) is 12.8. The molecular formula is C27H38N2O2. The Balaban J connectivity index is 2.18. The molecule has 31 heavy (non-hydrogen) atoms. The number of rotatable bonds is 11. The molecule has 1 N–H and O–H groups in total. The lowest BCUT2D eigenvalue weighted by molar-refractivity contribution is -0.141. The monoisotopic (exact) mass is 422 g/mol. The number of nitrogens with zero attached hydrogens (tertiary/aromatic N) is 1. The van der Waals surface area contributed by atoms with Crippen LogP contribution < -0.4 is 5.32 Å². The molecular weight excluding hydrogens is 384 g/mol. The summed E-state index contributed by atoms with van der Waals surface area (Å²) in [6.45, 7) is 10.6. The molecule has 0 bridgehead atoms. The van der Waals surface area contributed by atoms with Crippen LogP contribution in [0.3, 0.4) is 0 Å². The van der Waals surface area contributed by atoms with E-state index in [1.807, 2.05) is 52.0 Å². The lowest BCUT2D eigenvalue weighted by Crippen LogP contribution is -2.50. The molecule has 168 valence electrons. The van der Waals surface area contributed by atoms with Crippen LogP contribution in [0.25, 0.3) is 0 Å². The Morgan fingerprint density at radius 3 is 2.00 bits per heavy atom. The van der Waals surface area contributed by atoms with E-state index < -0.39 is 6.04 Å². The fourth-order valence-corrected chi connectivity index (χ4v) is 3.59. The van der Waals surface area contributed by atoms with Gasteiger partial charge in [-0.15, -0.1) is 0 Å². The zero-order valence-corrected chi connectivity index (χ0v) is 19.8. The van der Waals surface area contributed by atoms with Crippen molar-refractivity contribution < 1.29 is 9.59 Å². The van der Waals surface area contributed by atoms with Crippen molar-refractivity contribution in [3.05, 3.63) is 70.8 Å². The Morgan fingerprint density at radius 2 is 1.45 bits per heavy atom. The standard InChI is InChI=1S/C27H38N2O2/c1-6-21(5)28-27(31)25(8-3)29(19-24-11-9-20(4)10-12-24)26(30)18-17-23-15-13-22(7-2)14-16-23/h9-16,21,25H,6-8,17-19H2,1-5H3,(H,28,31)/t21-,25+/m0/s1. The minimum absolute atomic E-state index is 0.0197. The molecule has 0 saturated carbocycles. The molecule has 0 spiro atoms. The molecule has 0 fully saturated rings. The molecule has 0 aliphatic heterocycles. The van der Waals surface area contributed by atoms with Crippen molar-refractivity contribution in [2.75, 3.05) is 0 Å². The average Bonchev–Trinajstić information content (AvgIpc) is 2.78. The van der Waals surface area contributed by atoms with Gasteiger partial charge in [0.15, 0.2) is 0 Å². The Labute approximate surface area is 188 Å². The maximum Gasteiger partial charge on any atom is 0.243 e. The van der Waals surface area contributed by atoms with Gasteiger partial charge in [-0.05, 0) is 56.2 Å². The fourth-order valence-electron chi connectivity index (χ4n) is 3.59. The average molecular weight is 423 g/mol. The van der Waals surface area contributed by atoms with Gasteiger partial charge in [0.2, 0.25) is 11.8 Å². The molecule has 4 heteroatoms. The van der Waals surface area contributed by atoms with Crippen molar-refractivity contribution in [1.29, 1.82) is 0 Å². The lowest BCUT2D eigenvalue weighted by atomic mass is 10.0. The van der Waals surface area contributed by atoms with Gasteiger partial charge in [0.25, 0.3) is 0 Å². The summed E-state index contributed by atoms with van der Waals surface area (Å²) in [4.78, 5) is 28.1. The van der Waals surface area contributed by atoms with Gasteiger partial charge in [0.1, 0.15) is 6.04 Å². The number of carbonyl (C=O) groups is 2. The lowest BCUT2D eigenvalue weighted by Gasteiger charge is -2.31. The van der Waals surface area contributed by atoms with E-state index in [2.05, 4.69) is 36.5 Å². The minimum atomic E-state index is -0.467. The van der Waals surface area contributed by atoms with Crippen molar-refractivity contribution in [3.8, 4) is 0 Å². The molecule has 0 heterocycles. The van der Waals surface area contributed by atoms with Crippen LogP contribution in [-0.4, -0.2) is 28.8 Å². The largest absolute Gasteiger partial charge is 0.352 e. The predicted molar refractivity (Wildman–Crippen MR) is 128 cm³/mol. The van der Waals surface area contributed by atoms with Crippen molar-refractivity contribution in [2.24, 2.45) is 0 Å². The number of carbonyl (C=O) groups excluding carboxylic acids is 2. The van der Waals surface area contributed by atoms with Crippen LogP contribution in [0, 0.1) is 6.92 Å². The third-order valence-electron chi connectivity index (χ3n) is 5.92. The molecule has 2 rings (SSSR count). The Morgan fingerprint density at radius 1 is 0.871 bits per heavy atom. The van der Waals surface area contributed by atoms with Crippen molar-refractivity contribution in [1.82, 2.24) is 10.2 Å². The summed E-state index contributed by atoms with van der Waals surface area (Å²) in [5, 5.41) is 3.06. The van der Waals surface area contributed by atoms with Crippen LogP contribution in [0.5, 0.6) is 0 Å². The summed E-state index contributed by atoms with van der Waals surface area (Å²) in [6.07, 6.45) is 3.53. The van der Waals surface area contributed by atoms with Crippen LogP contribution in [0.4, 0.5) is 0 Å². The molecule has 0 aliphatic carbocycles. The van der Waals surface area contributed by atoms with Crippen molar-refractivity contribution >= 4 is 11.8 Å². The van der Waals surface area contributed by atoms with Gasteiger partial charge in [-0.3, -0.25) is 9.59 Å². The maximum absolute atomic E-state index is 13.3. The summed E-state index contributed by atoms with van der Waals surface area (Å²) in [7, 11) is 0. The summed E-state index contributed by atoms with van der Waals surface area (Å²) in [5.74, 6) is -0.0455. The SMILES string of the molecule is CCc1ccc(CCC(=O)N(Cc2ccc(C)cc2)[C@H](CC)C(=O)N[C@@H](C)CC)cc1. The summed E-state index contributed by atoms with van der Waals surface area (Å²) >= 11 is 0. The predicted octanol–water partition coefficient (Wildman–Crippen LogP) is 5.21. The van der Waals surface area contributed by atoms with Gasteiger partial charge in [0.05, 0.1) is 0 Å². The Kier molecular flexibility index (Phi) is 9.77. The minimum Gasteiger partial charge on any atom is -0.352 e. The van der Waals surface area contributed by atoms with E-state index in [1.54, 1.807) is 4.90 Å². The van der Waals surface area contributed by atoms with Gasteiger partial charge in [-0.25, -0.2) is 0 Å². The summed E-state index contributed by atoms with van der Waals surface area (Å²) in [5.41, 5.74) is 4.67. The molecule has 0 saturated heterocycles. The van der Waals surface area contributed by atoms with Gasteiger partial charge >= 0.3 is 0 Å². The van der Waals surface area contributed by atoms with Crippen LogP contribution in [0.2, 0.25) is 0 Å². The number of nitrogens with one attached hydrogen (secondary N) is 1. The second-order valence-electron chi connectivity index (χ2n) is 8.42. The fraction of sp³-hybridized carbons (Fsp3) is 0.481. The zero-order valence-electron chi connectivity index (χ0n) is 19.8. The molecule has 2 aromatic carbocycles. The second-order valence-corrected chi connectivity index (χ2v) is 8.42. The quantitative estimate of drug-likeness (QED) is 0.540. The highest BCUT2D eigenvalue weighted by atomic mass is 16.2. The summed E-state index contributed by atoms with van der Waals surface area (Å²) in [6, 6.07) is 16.3. The number of aryl methyl sites for hydroxylation is 3. The van der Waals surface area contributed by atoms with E-state index in [0.717, 1.165) is 24.0 Å². The van der Waals surface area contributed by atoms with E-state index in [-0.39, 0.29) is 17.9 Å². The first-order valence-electron chi connectivity index (χ1n) is 11.6. The molecule has 2 aromatic rings. The first kappa shape index (κ1) is 24.6. The van der Waals surface area contributed by atoms with E-state index >= 15 is 0 Å². The van der Waals surface area contributed by atoms with Gasteiger partial charge in [-0.2, -0.15) is 0 Å². The van der Waals surface area contributed by atoms with E-state index in [4.69, 9.17) is 0 Å². The van der Waals surface area contributed by atoms with E-state index in [9.17, 15) is 9.59 Å². The van der Waals surface area contributed by atoms with E-state index in [0.29, 0.717) is 25.8 Å². The Bertz CT molecular complexity index is 827. The number of amides is 2. The molecule has 0 radical (unpaired) electrons. The number of benzene rings is 2. The van der Waals surface area contributed by atoms with Gasteiger partial charge in [0, 0.05) is 19.0 Å². The molecule has 0 aliphatic rings. The summed E-state index contributed by atoms with van der Waals surface area (Å²) < 4.78 is 0. The highest BCUT2D eigenvalue weighted by Crippen LogP contribution is 2.16. The van der Waals surface area contributed by atoms with Crippen LogP contribution in [0.15, 0.2) is 48.5 Å². The van der Waals surface area contributed by atoms with Crippen molar-refractivity contribution in [3.63, 3.8) is 0 Å². The third kappa shape index (κ3) is 7.54. The molecule has 0 unspecified atom stereocenters. The number of hydrogen-bond donors (Lipinski definition) is 1. The Hall–Kier alpha value is -2.62. The highest BCUT2D eigenvalue weighted by Gasteiger charge is 2.28. The van der Waals surface area contributed by atoms with Crippen molar-refractivity contribution in [2.45, 2.75) is 85.4 Å². The molecule has 0 aromatic heterocycles. The third-order valence-corrected chi connectivity index (χ3v) is 5.92. The number of hydrogen-bond acceptors (Lipinski definition) is 2.